The van der Waals surface area contributed by atoms with Gasteiger partial charge < -0.3 is 14.4 Å². The molecule has 2 heterocycles. The maximum Gasteiger partial charge on any atom is 0.341 e. The lowest BCUT2D eigenvalue weighted by Gasteiger charge is -2.25. The average molecular weight is 261 g/mol. The Hall–Kier alpha value is -2.37. The fraction of sp³-hybridized carbons (Fsp3) is 0.308. The van der Waals surface area contributed by atoms with E-state index in [0.29, 0.717) is 5.82 Å². The van der Waals surface area contributed by atoms with Crippen molar-refractivity contribution in [3.63, 3.8) is 0 Å². The van der Waals surface area contributed by atoms with Gasteiger partial charge in [0.25, 0.3) is 0 Å². The van der Waals surface area contributed by atoms with Crippen molar-refractivity contribution in [1.82, 2.24) is 14.5 Å². The van der Waals surface area contributed by atoms with Gasteiger partial charge in [-0.2, -0.15) is 0 Å². The quantitative estimate of drug-likeness (QED) is 0.908. The molecule has 0 unspecified atom stereocenters. The Balaban J connectivity index is 2.36. The van der Waals surface area contributed by atoms with Crippen LogP contribution in [-0.4, -0.2) is 25.6 Å². The Bertz CT molecular complexity index is 605. The molecule has 0 spiro atoms. The highest BCUT2D eigenvalue weighted by molar-refractivity contribution is 5.90. The molecule has 0 bridgehead atoms. The molecule has 0 saturated carbocycles. The lowest BCUT2D eigenvalue weighted by Crippen LogP contribution is -2.30. The number of nitrogens with zero attached hydrogens (tertiary/aromatic N) is 3. The maximum atomic E-state index is 11.1. The molecule has 0 atom stereocenters. The van der Waals surface area contributed by atoms with Crippen LogP contribution in [-0.2, 0) is 12.6 Å². The zero-order chi connectivity index (χ0) is 14.0. The topological polar surface area (TPSA) is 77.2 Å². The van der Waals surface area contributed by atoms with Gasteiger partial charge in [0.1, 0.15) is 5.56 Å². The molecule has 6 nitrogen and oxygen atoms in total. The molecule has 19 heavy (non-hydrogen) atoms. The van der Waals surface area contributed by atoms with Gasteiger partial charge in [-0.3, -0.25) is 0 Å². The molecule has 2 aromatic rings. The molecule has 0 amide bonds. The van der Waals surface area contributed by atoms with Crippen molar-refractivity contribution in [2.45, 2.75) is 19.4 Å². The Morgan fingerprint density at radius 2 is 2.11 bits per heavy atom. The zero-order valence-corrected chi connectivity index (χ0v) is 11.0. The second-order valence-corrected chi connectivity index (χ2v) is 4.64. The highest BCUT2D eigenvalue weighted by Crippen LogP contribution is 2.27. The summed E-state index contributed by atoms with van der Waals surface area (Å²) in [6.07, 6.45) is 4.96. The van der Waals surface area contributed by atoms with Crippen molar-refractivity contribution in [3.05, 3.63) is 42.1 Å². The Kier molecular flexibility index (Phi) is 3.25. The monoisotopic (exact) mass is 261 g/mol. The van der Waals surface area contributed by atoms with E-state index >= 15 is 0 Å². The van der Waals surface area contributed by atoms with E-state index in [-0.39, 0.29) is 11.4 Å². The number of carboxylic acids is 1. The molecule has 6 heteroatoms. The van der Waals surface area contributed by atoms with Gasteiger partial charge >= 0.3 is 5.97 Å². The molecule has 2 aromatic heterocycles. The largest absolute Gasteiger partial charge is 0.477 e. The number of carbonyl (C=O) groups is 1. The van der Waals surface area contributed by atoms with Crippen molar-refractivity contribution < 1.29 is 14.6 Å². The summed E-state index contributed by atoms with van der Waals surface area (Å²) in [5, 5.41) is 9.11. The molecule has 0 aliphatic carbocycles. The minimum Gasteiger partial charge on any atom is -0.477 e. The van der Waals surface area contributed by atoms with Crippen LogP contribution in [0.4, 0.5) is 0 Å². The van der Waals surface area contributed by atoms with Crippen molar-refractivity contribution in [2.75, 3.05) is 0 Å². The van der Waals surface area contributed by atoms with E-state index < -0.39 is 11.6 Å². The molecule has 100 valence electrons. The number of aromatic carboxylic acids is 1. The number of hydrogen-bond acceptors (Lipinski definition) is 4. The third-order valence-corrected chi connectivity index (χ3v) is 2.71. The fourth-order valence-electron chi connectivity index (χ4n) is 1.87. The van der Waals surface area contributed by atoms with Crippen LogP contribution in [0.25, 0.3) is 0 Å². The van der Waals surface area contributed by atoms with E-state index in [1.807, 2.05) is 25.5 Å². The molecule has 0 fully saturated rings. The normalized spacial score (nSPS) is 11.3. The summed E-state index contributed by atoms with van der Waals surface area (Å²) >= 11 is 0. The van der Waals surface area contributed by atoms with E-state index in [9.17, 15) is 4.79 Å². The van der Waals surface area contributed by atoms with Crippen LogP contribution in [0.1, 0.15) is 30.0 Å². The van der Waals surface area contributed by atoms with E-state index in [1.165, 1.54) is 12.3 Å². The second-order valence-electron chi connectivity index (χ2n) is 4.64. The molecular formula is C13H15N3O3. The predicted molar refractivity (Wildman–Crippen MR) is 68.1 cm³/mol. The first-order valence-corrected chi connectivity index (χ1v) is 5.77. The molecule has 2 rings (SSSR count). The first-order chi connectivity index (χ1) is 8.92. The summed E-state index contributed by atoms with van der Waals surface area (Å²) in [6.45, 7) is 3.63. The summed E-state index contributed by atoms with van der Waals surface area (Å²) in [5.74, 6) is -0.295. The lowest BCUT2D eigenvalue weighted by molar-refractivity contribution is 0.0652. The smallest absolute Gasteiger partial charge is 0.341 e. The summed E-state index contributed by atoms with van der Waals surface area (Å²) in [6, 6.07) is 3.02. The van der Waals surface area contributed by atoms with Gasteiger partial charge in [0.2, 0.25) is 5.88 Å². The van der Waals surface area contributed by atoms with Crippen molar-refractivity contribution in [3.8, 4) is 5.88 Å². The standard InChI is InChI=1S/C13H15N3O3/c1-13(2,12-15-7-8-16(12)3)19-10-9(11(17)18)5-4-6-14-10/h4-8H,1-3H3,(H,17,18). The summed E-state index contributed by atoms with van der Waals surface area (Å²) < 4.78 is 7.57. The van der Waals surface area contributed by atoms with Gasteiger partial charge in [0.05, 0.1) is 0 Å². The van der Waals surface area contributed by atoms with Crippen molar-refractivity contribution in [2.24, 2.45) is 7.05 Å². The number of pyridine rings is 1. The SMILES string of the molecule is Cn1ccnc1C(C)(C)Oc1ncccc1C(=O)O. The number of hydrogen-bond donors (Lipinski definition) is 1. The third-order valence-electron chi connectivity index (χ3n) is 2.71. The minimum absolute atomic E-state index is 0.0322. The number of rotatable bonds is 4. The summed E-state index contributed by atoms with van der Waals surface area (Å²) in [7, 11) is 1.85. The number of ether oxygens (including phenoxy) is 1. The third kappa shape index (κ3) is 2.57. The highest BCUT2D eigenvalue weighted by Gasteiger charge is 2.29. The zero-order valence-electron chi connectivity index (χ0n) is 11.0. The molecule has 0 radical (unpaired) electrons. The Morgan fingerprint density at radius 3 is 2.68 bits per heavy atom. The van der Waals surface area contributed by atoms with Crippen LogP contribution in [0.3, 0.4) is 0 Å². The molecule has 0 aliphatic heterocycles. The van der Waals surface area contributed by atoms with Gasteiger partial charge in [-0.1, -0.05) is 0 Å². The number of carboxylic acid groups (broad SMARTS) is 1. The van der Waals surface area contributed by atoms with Crippen LogP contribution in [0.15, 0.2) is 30.7 Å². The first-order valence-electron chi connectivity index (χ1n) is 5.77. The van der Waals surface area contributed by atoms with Crippen LogP contribution in [0, 0.1) is 0 Å². The van der Waals surface area contributed by atoms with E-state index in [0.717, 1.165) is 0 Å². The van der Waals surface area contributed by atoms with Crippen LogP contribution in [0.5, 0.6) is 5.88 Å². The van der Waals surface area contributed by atoms with Gasteiger partial charge in [-0.15, -0.1) is 0 Å². The average Bonchev–Trinajstić information content (AvgIpc) is 2.76. The molecule has 0 aromatic carbocycles. The molecule has 0 saturated heterocycles. The summed E-state index contributed by atoms with van der Waals surface area (Å²) in [5.41, 5.74) is -0.749. The van der Waals surface area contributed by atoms with Gasteiger partial charge in [0, 0.05) is 25.6 Å². The number of aryl methyl sites for hydroxylation is 1. The maximum absolute atomic E-state index is 11.1. The first kappa shape index (κ1) is 13.1. The van der Waals surface area contributed by atoms with E-state index in [2.05, 4.69) is 9.97 Å². The highest BCUT2D eigenvalue weighted by atomic mass is 16.5. The Morgan fingerprint density at radius 1 is 1.37 bits per heavy atom. The minimum atomic E-state index is -1.07. The molecular weight excluding hydrogens is 246 g/mol. The van der Waals surface area contributed by atoms with E-state index in [4.69, 9.17) is 9.84 Å². The summed E-state index contributed by atoms with van der Waals surface area (Å²) in [4.78, 5) is 19.3. The number of imidazole rings is 1. The van der Waals surface area contributed by atoms with Crippen LogP contribution < -0.4 is 4.74 Å². The number of aromatic nitrogens is 3. The van der Waals surface area contributed by atoms with Gasteiger partial charge in [-0.25, -0.2) is 14.8 Å². The molecule has 1 N–H and O–H groups in total. The van der Waals surface area contributed by atoms with Crippen molar-refractivity contribution in [1.29, 1.82) is 0 Å². The molecule has 0 aliphatic rings. The Labute approximate surface area is 110 Å². The lowest BCUT2D eigenvalue weighted by atomic mass is 10.1. The van der Waals surface area contributed by atoms with Gasteiger partial charge in [0.15, 0.2) is 11.4 Å². The van der Waals surface area contributed by atoms with Crippen LogP contribution >= 0.6 is 0 Å². The second kappa shape index (κ2) is 4.72. The van der Waals surface area contributed by atoms with Crippen LogP contribution in [0.2, 0.25) is 0 Å². The predicted octanol–water partition coefficient (Wildman–Crippen LogP) is 1.83. The fourth-order valence-corrected chi connectivity index (χ4v) is 1.87. The van der Waals surface area contributed by atoms with E-state index in [1.54, 1.807) is 18.5 Å². The van der Waals surface area contributed by atoms with Gasteiger partial charge in [-0.05, 0) is 26.0 Å². The van der Waals surface area contributed by atoms with Crippen molar-refractivity contribution >= 4 is 5.97 Å².